The van der Waals surface area contributed by atoms with E-state index >= 15 is 0 Å². The number of unbranched alkanes of at least 4 members (excludes halogenated alkanes) is 40. The average molecular weight is 1320 g/mol. The summed E-state index contributed by atoms with van der Waals surface area (Å²) < 4.78 is 34.4. The fraction of sp³-hybridized carbons (Fsp3) is 0.759. The summed E-state index contributed by atoms with van der Waals surface area (Å²) in [4.78, 5) is 38.1. The second-order valence-corrected chi connectivity index (χ2v) is 28.8. The Morgan fingerprint density at radius 2 is 0.613 bits per heavy atom. The van der Waals surface area contributed by atoms with E-state index in [0.29, 0.717) is 17.4 Å². The Hall–Kier alpha value is -3.33. The number of carbonyl (C=O) groups is 2. The highest BCUT2D eigenvalue weighted by Crippen LogP contribution is 2.38. The van der Waals surface area contributed by atoms with Crippen molar-refractivity contribution in [3.8, 4) is 0 Å². The summed E-state index contributed by atoms with van der Waals surface area (Å²) in [5.74, 6) is -0.848. The van der Waals surface area contributed by atoms with E-state index in [2.05, 4.69) is 123 Å². The van der Waals surface area contributed by atoms with Gasteiger partial charge in [0.15, 0.2) is 6.10 Å². The molecule has 93 heavy (non-hydrogen) atoms. The maximum Gasteiger partial charge on any atom is 0.306 e. The second-order valence-electron chi connectivity index (χ2n) is 27.4. The minimum absolute atomic E-state index is 0.0388. The van der Waals surface area contributed by atoms with Gasteiger partial charge >= 0.3 is 11.9 Å². The number of nitrogens with zero attached hydrogens (tertiary/aromatic N) is 1. The molecule has 0 rings (SSSR count). The predicted molar refractivity (Wildman–Crippen MR) is 402 cm³/mol. The maximum absolute atomic E-state index is 12.9. The van der Waals surface area contributed by atoms with E-state index < -0.39 is 26.5 Å². The molecule has 0 fully saturated rings. The molecule has 538 valence electrons. The lowest BCUT2D eigenvalue weighted by Crippen LogP contribution is -2.37. The van der Waals surface area contributed by atoms with Crippen molar-refractivity contribution in [2.24, 2.45) is 0 Å². The molecule has 0 amide bonds. The van der Waals surface area contributed by atoms with E-state index in [1.54, 1.807) is 0 Å². The van der Waals surface area contributed by atoms with Gasteiger partial charge in [0.05, 0.1) is 27.7 Å². The summed E-state index contributed by atoms with van der Waals surface area (Å²) in [6.07, 6.45) is 104. The third-order valence-electron chi connectivity index (χ3n) is 17.1. The number of hydrogen-bond acceptors (Lipinski definition) is 8. The molecule has 0 aromatic carbocycles. The molecule has 2 unspecified atom stereocenters. The minimum atomic E-state index is -4.66. The van der Waals surface area contributed by atoms with Gasteiger partial charge < -0.3 is 27.9 Å². The van der Waals surface area contributed by atoms with Gasteiger partial charge in [0.1, 0.15) is 19.8 Å². The Bertz CT molecular complexity index is 1940. The van der Waals surface area contributed by atoms with Crippen molar-refractivity contribution in [2.75, 3.05) is 47.5 Å². The highest BCUT2D eigenvalue weighted by Gasteiger charge is 2.22. The van der Waals surface area contributed by atoms with E-state index in [9.17, 15) is 19.0 Å². The molecule has 0 aromatic heterocycles. The molecule has 2 atom stereocenters. The van der Waals surface area contributed by atoms with E-state index in [1.165, 1.54) is 212 Å². The molecule has 0 heterocycles. The van der Waals surface area contributed by atoms with Crippen molar-refractivity contribution in [3.05, 3.63) is 109 Å². The van der Waals surface area contributed by atoms with Crippen molar-refractivity contribution < 1.29 is 42.1 Å². The molecule has 0 saturated carbocycles. The van der Waals surface area contributed by atoms with Crippen LogP contribution in [0.1, 0.15) is 354 Å². The molecule has 10 heteroatoms. The molecule has 0 aliphatic carbocycles. The molecular formula is C83H148NO8P. The van der Waals surface area contributed by atoms with Crippen molar-refractivity contribution in [1.29, 1.82) is 0 Å². The Labute approximate surface area is 576 Å². The molecule has 0 spiro atoms. The van der Waals surface area contributed by atoms with Crippen LogP contribution in [0.3, 0.4) is 0 Å². The maximum atomic E-state index is 12.9. The summed E-state index contributed by atoms with van der Waals surface area (Å²) in [7, 11) is 1.15. The highest BCUT2D eigenvalue weighted by atomic mass is 31.2. The molecule has 0 saturated heterocycles. The molecule has 0 aliphatic heterocycles. The van der Waals surface area contributed by atoms with Crippen LogP contribution in [-0.2, 0) is 32.7 Å². The van der Waals surface area contributed by atoms with Crippen LogP contribution in [0.4, 0.5) is 0 Å². The summed E-state index contributed by atoms with van der Waals surface area (Å²) in [5, 5.41) is 0. The van der Waals surface area contributed by atoms with E-state index in [0.717, 1.165) is 109 Å². The number of allylic oxidation sites excluding steroid dienone is 18. The Balaban J connectivity index is 4.02. The van der Waals surface area contributed by atoms with Gasteiger partial charge in [-0.25, -0.2) is 0 Å². The van der Waals surface area contributed by atoms with E-state index in [-0.39, 0.29) is 32.0 Å². The van der Waals surface area contributed by atoms with Gasteiger partial charge in [0.2, 0.25) is 0 Å². The average Bonchev–Trinajstić information content (AvgIpc) is 2.30. The molecule has 0 N–H and O–H groups in total. The lowest BCUT2D eigenvalue weighted by molar-refractivity contribution is -0.870. The van der Waals surface area contributed by atoms with Crippen LogP contribution in [0.5, 0.6) is 0 Å². The van der Waals surface area contributed by atoms with E-state index in [4.69, 9.17) is 18.5 Å². The van der Waals surface area contributed by atoms with Crippen LogP contribution in [0.15, 0.2) is 109 Å². The van der Waals surface area contributed by atoms with Crippen molar-refractivity contribution in [2.45, 2.75) is 360 Å². The smallest absolute Gasteiger partial charge is 0.306 e. The number of ether oxygens (including phenoxy) is 2. The molecule has 9 nitrogen and oxygen atoms in total. The largest absolute Gasteiger partial charge is 0.756 e. The first-order chi connectivity index (χ1) is 45.5. The van der Waals surface area contributed by atoms with Gasteiger partial charge in [-0.05, 0) is 83.5 Å². The molecular weight excluding hydrogens is 1170 g/mol. The van der Waals surface area contributed by atoms with Gasteiger partial charge in [-0.2, -0.15) is 0 Å². The zero-order valence-corrected chi connectivity index (χ0v) is 62.3. The quantitative estimate of drug-likeness (QED) is 0.0195. The Kier molecular flexibility index (Phi) is 70.3. The first-order valence-corrected chi connectivity index (χ1v) is 40.6. The van der Waals surface area contributed by atoms with Gasteiger partial charge in [0, 0.05) is 12.8 Å². The highest BCUT2D eigenvalue weighted by molar-refractivity contribution is 7.45. The predicted octanol–water partition coefficient (Wildman–Crippen LogP) is 25.4. The van der Waals surface area contributed by atoms with Crippen LogP contribution in [-0.4, -0.2) is 70.0 Å². The fourth-order valence-corrected chi connectivity index (χ4v) is 11.9. The molecule has 0 radical (unpaired) electrons. The lowest BCUT2D eigenvalue weighted by Gasteiger charge is -2.28. The third kappa shape index (κ3) is 77.6. The summed E-state index contributed by atoms with van der Waals surface area (Å²) in [6, 6.07) is 0. The number of likely N-dealkylation sites (N-methyl/N-ethyl adjacent to an activating group) is 1. The minimum Gasteiger partial charge on any atom is -0.756 e. The van der Waals surface area contributed by atoms with Crippen LogP contribution >= 0.6 is 7.82 Å². The number of quaternary nitrogens is 1. The van der Waals surface area contributed by atoms with Crippen LogP contribution in [0, 0.1) is 0 Å². The normalized spacial score (nSPS) is 13.7. The van der Waals surface area contributed by atoms with Crippen LogP contribution in [0.25, 0.3) is 0 Å². The monoisotopic (exact) mass is 1320 g/mol. The van der Waals surface area contributed by atoms with E-state index in [1.807, 2.05) is 21.1 Å². The van der Waals surface area contributed by atoms with Crippen LogP contribution in [0.2, 0.25) is 0 Å². The SMILES string of the molecule is CC/C=C\C/C=C\C/C=C\C/C=C\C/C=C\C/C=C\C/C=C\C/C=C\C/C=C\CCCCCCCC(=O)OC(COC(=O)CCCCCCCCCCCCCCCCCCCCCCCCCCCCCCCCCCCCCC)COP(=O)([O-])OCC[N+](C)(C)C. The van der Waals surface area contributed by atoms with Gasteiger partial charge in [-0.3, -0.25) is 14.2 Å². The number of rotatable bonds is 72. The summed E-state index contributed by atoms with van der Waals surface area (Å²) in [5.41, 5.74) is 0. The number of carbonyl (C=O) groups excluding carboxylic acids is 2. The topological polar surface area (TPSA) is 111 Å². The van der Waals surface area contributed by atoms with Crippen molar-refractivity contribution in [3.63, 3.8) is 0 Å². The lowest BCUT2D eigenvalue weighted by atomic mass is 10.0. The van der Waals surface area contributed by atoms with Gasteiger partial charge in [-0.15, -0.1) is 0 Å². The third-order valence-corrected chi connectivity index (χ3v) is 18.0. The fourth-order valence-electron chi connectivity index (χ4n) is 11.1. The molecule has 0 aliphatic rings. The summed E-state index contributed by atoms with van der Waals surface area (Å²) >= 11 is 0. The first-order valence-electron chi connectivity index (χ1n) is 39.1. The standard InChI is InChI=1S/C83H148NO8P/c1-6-8-10-12-14-16-18-20-22-24-26-28-30-32-34-36-38-40-41-42-44-45-47-49-51-53-55-57-59-61-63-65-67-69-71-73-75-82(85)89-79-81(80-91-93(87,88)90-78-77-84(3,4)5)92-83(86)76-74-72-70-68-66-64-62-60-58-56-54-52-50-48-46-43-39-37-35-33-31-29-27-25-23-21-19-17-15-13-11-9-7-2/h9,11,15,17,21,23,27,29,33,35,39,43,48,50,54,56,60,62,81H,6-8,10,12-14,16,18-20,22,24-26,28,30-32,34,36-38,40-42,44-47,49,51-53,55,57-59,61,63-80H2,1-5H3/b11-9-,17-15-,23-21-,29-27-,35-33-,43-39-,50-48-,56-54-,62-60-. The van der Waals surface area contributed by atoms with Crippen molar-refractivity contribution in [1.82, 2.24) is 0 Å². The zero-order chi connectivity index (χ0) is 67.6. The van der Waals surface area contributed by atoms with Gasteiger partial charge in [0.25, 0.3) is 7.82 Å². The number of esters is 2. The molecule has 0 aromatic rings. The Morgan fingerprint density at radius 3 is 0.914 bits per heavy atom. The number of phosphoric acid groups is 1. The second kappa shape index (κ2) is 72.9. The molecule has 0 bridgehead atoms. The zero-order valence-electron chi connectivity index (χ0n) is 61.4. The van der Waals surface area contributed by atoms with Crippen molar-refractivity contribution >= 4 is 19.8 Å². The van der Waals surface area contributed by atoms with Crippen LogP contribution < -0.4 is 4.89 Å². The number of hydrogen-bond donors (Lipinski definition) is 0. The Morgan fingerprint density at radius 1 is 0.344 bits per heavy atom. The number of phosphoric ester groups is 1. The summed E-state index contributed by atoms with van der Waals surface area (Å²) in [6.45, 7) is 4.14. The first kappa shape index (κ1) is 89.7. The van der Waals surface area contributed by atoms with Gasteiger partial charge in [-0.1, -0.05) is 367 Å².